The van der Waals surface area contributed by atoms with Gasteiger partial charge < -0.3 is 10.1 Å². The molecule has 0 spiro atoms. The number of fused-ring (bicyclic) bond motifs is 1. The molecule has 1 aliphatic heterocycles. The zero-order valence-corrected chi connectivity index (χ0v) is 16.3. The van der Waals surface area contributed by atoms with E-state index < -0.39 is 0 Å². The molecular formula is C20H28N6O. The van der Waals surface area contributed by atoms with Gasteiger partial charge in [-0.05, 0) is 43.9 Å². The van der Waals surface area contributed by atoms with E-state index in [1.807, 2.05) is 25.1 Å². The van der Waals surface area contributed by atoms with E-state index in [0.717, 1.165) is 40.9 Å². The summed E-state index contributed by atoms with van der Waals surface area (Å²) in [7, 11) is 1.66. The second kappa shape index (κ2) is 7.68. The summed E-state index contributed by atoms with van der Waals surface area (Å²) in [6.45, 7) is 5.87. The number of aryl methyl sites for hydroxylation is 1. The molecule has 0 amide bonds. The predicted octanol–water partition coefficient (Wildman–Crippen LogP) is 3.11. The number of rotatable bonds is 3. The SMILES string of the molecule is COc1ccc2nc(NC3=NCN([C@H]4CCCC[C@H]4C)CN3)nc(C)c2c1. The fraction of sp³-hybridized carbons (Fsp3) is 0.550. The van der Waals surface area contributed by atoms with Crippen LogP contribution >= 0.6 is 0 Å². The molecule has 1 fully saturated rings. The highest BCUT2D eigenvalue weighted by Crippen LogP contribution is 2.28. The molecule has 27 heavy (non-hydrogen) atoms. The van der Waals surface area contributed by atoms with Crippen molar-refractivity contribution in [2.24, 2.45) is 10.9 Å². The van der Waals surface area contributed by atoms with Crippen LogP contribution in [-0.4, -0.2) is 47.3 Å². The molecule has 0 bridgehead atoms. The summed E-state index contributed by atoms with van der Waals surface area (Å²) < 4.78 is 5.29. The average Bonchev–Trinajstić information content (AvgIpc) is 2.69. The summed E-state index contributed by atoms with van der Waals surface area (Å²) in [6, 6.07) is 6.47. The van der Waals surface area contributed by atoms with E-state index in [1.165, 1.54) is 25.7 Å². The van der Waals surface area contributed by atoms with Crippen molar-refractivity contribution < 1.29 is 4.74 Å². The van der Waals surface area contributed by atoms with E-state index in [4.69, 9.17) is 4.74 Å². The Hall–Kier alpha value is -2.41. The van der Waals surface area contributed by atoms with Crippen LogP contribution in [0.1, 0.15) is 38.3 Å². The molecule has 2 aromatic rings. The Balaban J connectivity index is 1.46. The zero-order valence-electron chi connectivity index (χ0n) is 16.3. The van der Waals surface area contributed by atoms with Crippen LogP contribution in [0.25, 0.3) is 10.9 Å². The quantitative estimate of drug-likeness (QED) is 0.867. The molecule has 1 aromatic heterocycles. The first-order valence-corrected chi connectivity index (χ1v) is 9.76. The summed E-state index contributed by atoms with van der Waals surface area (Å²) in [6.07, 6.45) is 5.29. The number of ether oxygens (including phenoxy) is 1. The van der Waals surface area contributed by atoms with Crippen molar-refractivity contribution in [1.29, 1.82) is 0 Å². The zero-order chi connectivity index (χ0) is 18.8. The van der Waals surface area contributed by atoms with Gasteiger partial charge in [0.25, 0.3) is 0 Å². The molecule has 1 aromatic carbocycles. The lowest BCUT2D eigenvalue weighted by atomic mass is 9.85. The number of aliphatic imine (C=N–C) groups is 1. The third-order valence-corrected chi connectivity index (χ3v) is 5.72. The third-order valence-electron chi connectivity index (χ3n) is 5.72. The number of aromatic nitrogens is 2. The van der Waals surface area contributed by atoms with Crippen molar-refractivity contribution in [2.75, 3.05) is 25.8 Å². The molecule has 4 rings (SSSR count). The van der Waals surface area contributed by atoms with Gasteiger partial charge in [-0.3, -0.25) is 10.2 Å². The lowest BCUT2D eigenvalue weighted by Gasteiger charge is -2.39. The average molecular weight is 368 g/mol. The number of guanidine groups is 1. The van der Waals surface area contributed by atoms with E-state index in [2.05, 4.69) is 37.4 Å². The van der Waals surface area contributed by atoms with Crippen LogP contribution in [0.15, 0.2) is 23.2 Å². The largest absolute Gasteiger partial charge is 0.497 e. The number of nitrogens with one attached hydrogen (secondary N) is 2. The van der Waals surface area contributed by atoms with Crippen molar-refractivity contribution in [3.63, 3.8) is 0 Å². The molecule has 1 saturated carbocycles. The third kappa shape index (κ3) is 3.83. The van der Waals surface area contributed by atoms with Gasteiger partial charge in [0.15, 0.2) is 0 Å². The second-order valence-corrected chi connectivity index (χ2v) is 7.54. The second-order valence-electron chi connectivity index (χ2n) is 7.54. The first-order chi connectivity index (χ1) is 13.1. The van der Waals surface area contributed by atoms with Crippen LogP contribution in [0.4, 0.5) is 5.95 Å². The molecule has 7 heteroatoms. The summed E-state index contributed by atoms with van der Waals surface area (Å²) in [4.78, 5) is 16.3. The molecule has 2 heterocycles. The Morgan fingerprint density at radius 2 is 2.07 bits per heavy atom. The molecule has 1 aliphatic carbocycles. The van der Waals surface area contributed by atoms with Crippen molar-refractivity contribution in [1.82, 2.24) is 20.2 Å². The van der Waals surface area contributed by atoms with Crippen molar-refractivity contribution >= 4 is 22.8 Å². The van der Waals surface area contributed by atoms with Crippen molar-refractivity contribution in [3.05, 3.63) is 23.9 Å². The number of anilines is 1. The van der Waals surface area contributed by atoms with Gasteiger partial charge in [-0.2, -0.15) is 0 Å². The summed E-state index contributed by atoms with van der Waals surface area (Å²) in [5.74, 6) is 2.86. The maximum Gasteiger partial charge on any atom is 0.230 e. The topological polar surface area (TPSA) is 74.7 Å². The van der Waals surface area contributed by atoms with Gasteiger partial charge in [-0.15, -0.1) is 0 Å². The minimum absolute atomic E-state index is 0.566. The van der Waals surface area contributed by atoms with Crippen LogP contribution in [0.2, 0.25) is 0 Å². The highest BCUT2D eigenvalue weighted by molar-refractivity contribution is 5.93. The first-order valence-electron chi connectivity index (χ1n) is 9.76. The molecule has 2 atom stereocenters. The van der Waals surface area contributed by atoms with Gasteiger partial charge in [0, 0.05) is 11.4 Å². The Kier molecular flexibility index (Phi) is 5.11. The predicted molar refractivity (Wildman–Crippen MR) is 108 cm³/mol. The fourth-order valence-electron chi connectivity index (χ4n) is 4.14. The first kappa shape index (κ1) is 18.0. The molecule has 0 saturated heterocycles. The number of methoxy groups -OCH3 is 1. The van der Waals surface area contributed by atoms with Crippen LogP contribution in [0.5, 0.6) is 5.75 Å². The van der Waals surface area contributed by atoms with Gasteiger partial charge in [0.2, 0.25) is 11.9 Å². The molecule has 144 valence electrons. The smallest absolute Gasteiger partial charge is 0.230 e. The van der Waals surface area contributed by atoms with Gasteiger partial charge >= 0.3 is 0 Å². The highest BCUT2D eigenvalue weighted by atomic mass is 16.5. The Morgan fingerprint density at radius 3 is 2.81 bits per heavy atom. The Labute approximate surface area is 160 Å². The van der Waals surface area contributed by atoms with Gasteiger partial charge in [0.1, 0.15) is 5.75 Å². The van der Waals surface area contributed by atoms with Gasteiger partial charge in [-0.25, -0.2) is 15.0 Å². The number of hydrogen-bond donors (Lipinski definition) is 2. The number of hydrogen-bond acceptors (Lipinski definition) is 7. The fourth-order valence-corrected chi connectivity index (χ4v) is 4.14. The van der Waals surface area contributed by atoms with Crippen LogP contribution in [-0.2, 0) is 0 Å². The van der Waals surface area contributed by atoms with E-state index >= 15 is 0 Å². The standard InChI is InChI=1S/C20H28N6O/c1-13-6-4-5-7-18(13)26-11-21-19(22-12-26)25-20-23-14(2)16-10-15(27-3)8-9-17(16)24-20/h8-10,13,18H,4-7,11-12H2,1-3H3,(H2,21,22,23,24,25)/t13-,18+/m1/s1. The molecular weight excluding hydrogens is 340 g/mol. The lowest BCUT2D eigenvalue weighted by Crippen LogP contribution is -2.52. The monoisotopic (exact) mass is 368 g/mol. The van der Waals surface area contributed by atoms with Gasteiger partial charge in [0.05, 0.1) is 31.7 Å². The Bertz CT molecular complexity index is 852. The maximum atomic E-state index is 5.29. The van der Waals surface area contributed by atoms with Crippen molar-refractivity contribution in [2.45, 2.75) is 45.6 Å². The van der Waals surface area contributed by atoms with Crippen molar-refractivity contribution in [3.8, 4) is 5.75 Å². The van der Waals surface area contributed by atoms with E-state index in [9.17, 15) is 0 Å². The molecule has 0 radical (unpaired) electrons. The molecule has 2 N–H and O–H groups in total. The van der Waals surface area contributed by atoms with Crippen LogP contribution in [0.3, 0.4) is 0 Å². The number of benzene rings is 1. The molecule has 0 unspecified atom stereocenters. The summed E-state index contributed by atoms with van der Waals surface area (Å²) in [5, 5.41) is 7.62. The number of nitrogens with zero attached hydrogens (tertiary/aromatic N) is 4. The van der Waals surface area contributed by atoms with Crippen LogP contribution in [0, 0.1) is 12.8 Å². The van der Waals surface area contributed by atoms with E-state index in [-0.39, 0.29) is 0 Å². The van der Waals surface area contributed by atoms with E-state index in [1.54, 1.807) is 7.11 Å². The highest BCUT2D eigenvalue weighted by Gasteiger charge is 2.28. The van der Waals surface area contributed by atoms with Crippen LogP contribution < -0.4 is 15.4 Å². The minimum Gasteiger partial charge on any atom is -0.497 e. The summed E-state index contributed by atoms with van der Waals surface area (Å²) in [5.41, 5.74) is 1.80. The maximum absolute atomic E-state index is 5.29. The minimum atomic E-state index is 0.566. The normalized spacial score (nSPS) is 23.6. The van der Waals surface area contributed by atoms with E-state index in [0.29, 0.717) is 18.7 Å². The lowest BCUT2D eigenvalue weighted by molar-refractivity contribution is 0.107. The summed E-state index contributed by atoms with van der Waals surface area (Å²) >= 11 is 0. The molecule has 2 aliphatic rings. The Morgan fingerprint density at radius 1 is 1.22 bits per heavy atom. The van der Waals surface area contributed by atoms with Gasteiger partial charge in [-0.1, -0.05) is 19.8 Å². The molecule has 7 nitrogen and oxygen atoms in total.